The molecule has 0 radical (unpaired) electrons. The van der Waals surface area contributed by atoms with Crippen LogP contribution in [-0.4, -0.2) is 45.7 Å². The first-order valence-electron chi connectivity index (χ1n) is 5.65. The Morgan fingerprint density at radius 1 is 1.33 bits per heavy atom. The Hall–Kier alpha value is -0.130. The standard InChI is InChI=1S/C10H21NO3S/c1-2-15(12,13)9-6-11-10-4-3-7-14-8-5-10/h10-11H,2-9H2,1H3. The van der Waals surface area contributed by atoms with E-state index < -0.39 is 9.84 Å². The zero-order valence-corrected chi connectivity index (χ0v) is 10.2. The maximum absolute atomic E-state index is 11.2. The summed E-state index contributed by atoms with van der Waals surface area (Å²) in [5.41, 5.74) is 0. The van der Waals surface area contributed by atoms with E-state index in [1.54, 1.807) is 6.92 Å². The Kier molecular flexibility index (Phi) is 5.56. The Morgan fingerprint density at radius 2 is 2.13 bits per heavy atom. The van der Waals surface area contributed by atoms with Crippen LogP contribution in [0.1, 0.15) is 26.2 Å². The van der Waals surface area contributed by atoms with Crippen molar-refractivity contribution in [1.29, 1.82) is 0 Å². The normalized spacial score (nSPS) is 23.7. The van der Waals surface area contributed by atoms with Gasteiger partial charge in [-0.25, -0.2) is 8.42 Å². The van der Waals surface area contributed by atoms with Crippen LogP contribution in [-0.2, 0) is 14.6 Å². The van der Waals surface area contributed by atoms with Crippen molar-refractivity contribution in [2.45, 2.75) is 32.2 Å². The topological polar surface area (TPSA) is 55.4 Å². The van der Waals surface area contributed by atoms with Crippen LogP contribution < -0.4 is 5.32 Å². The first kappa shape index (κ1) is 12.9. The van der Waals surface area contributed by atoms with E-state index in [0.29, 0.717) is 12.6 Å². The lowest BCUT2D eigenvalue weighted by Crippen LogP contribution is -2.33. The molecule has 0 amide bonds. The van der Waals surface area contributed by atoms with E-state index in [2.05, 4.69) is 5.32 Å². The van der Waals surface area contributed by atoms with E-state index in [0.717, 1.165) is 32.5 Å². The summed E-state index contributed by atoms with van der Waals surface area (Å²) in [6, 6.07) is 0.430. The lowest BCUT2D eigenvalue weighted by molar-refractivity contribution is 0.142. The Morgan fingerprint density at radius 3 is 2.87 bits per heavy atom. The highest BCUT2D eigenvalue weighted by molar-refractivity contribution is 7.91. The minimum atomic E-state index is -2.82. The molecule has 90 valence electrons. The average Bonchev–Trinajstić information content (AvgIpc) is 2.46. The van der Waals surface area contributed by atoms with Crippen molar-refractivity contribution in [3.05, 3.63) is 0 Å². The molecular formula is C10H21NO3S. The molecule has 5 heteroatoms. The fourth-order valence-corrected chi connectivity index (χ4v) is 2.39. The number of rotatable bonds is 5. The maximum Gasteiger partial charge on any atom is 0.151 e. The van der Waals surface area contributed by atoms with Crippen LogP contribution >= 0.6 is 0 Å². The predicted octanol–water partition coefficient (Wildman–Crippen LogP) is 0.580. The Balaban J connectivity index is 2.18. The van der Waals surface area contributed by atoms with Crippen molar-refractivity contribution in [3.8, 4) is 0 Å². The molecule has 1 atom stereocenters. The van der Waals surface area contributed by atoms with Gasteiger partial charge in [-0.3, -0.25) is 0 Å². The highest BCUT2D eigenvalue weighted by atomic mass is 32.2. The van der Waals surface area contributed by atoms with Crippen LogP contribution in [0.4, 0.5) is 0 Å². The highest BCUT2D eigenvalue weighted by Gasteiger charge is 2.13. The van der Waals surface area contributed by atoms with Crippen molar-refractivity contribution >= 4 is 9.84 Å². The number of sulfone groups is 1. The number of hydrogen-bond acceptors (Lipinski definition) is 4. The van der Waals surface area contributed by atoms with Crippen LogP contribution in [0.25, 0.3) is 0 Å². The number of nitrogens with one attached hydrogen (secondary N) is 1. The van der Waals surface area contributed by atoms with Crippen molar-refractivity contribution in [2.75, 3.05) is 31.3 Å². The van der Waals surface area contributed by atoms with E-state index in [4.69, 9.17) is 4.74 Å². The average molecular weight is 235 g/mol. The predicted molar refractivity (Wildman–Crippen MR) is 60.8 cm³/mol. The lowest BCUT2D eigenvalue weighted by atomic mass is 10.1. The van der Waals surface area contributed by atoms with E-state index in [9.17, 15) is 8.42 Å². The van der Waals surface area contributed by atoms with Gasteiger partial charge in [0.15, 0.2) is 9.84 Å². The molecule has 1 saturated heterocycles. The van der Waals surface area contributed by atoms with Crippen molar-refractivity contribution in [2.24, 2.45) is 0 Å². The fraction of sp³-hybridized carbons (Fsp3) is 1.00. The van der Waals surface area contributed by atoms with Gasteiger partial charge in [0, 0.05) is 31.6 Å². The molecule has 0 saturated carbocycles. The van der Waals surface area contributed by atoms with Gasteiger partial charge in [0.1, 0.15) is 0 Å². The van der Waals surface area contributed by atoms with Gasteiger partial charge in [0.05, 0.1) is 5.75 Å². The second kappa shape index (κ2) is 6.45. The largest absolute Gasteiger partial charge is 0.381 e. The molecule has 1 N–H and O–H groups in total. The molecule has 1 aliphatic heterocycles. The zero-order chi connectivity index (χ0) is 11.1. The molecule has 4 nitrogen and oxygen atoms in total. The van der Waals surface area contributed by atoms with Crippen LogP contribution in [0, 0.1) is 0 Å². The summed E-state index contributed by atoms with van der Waals surface area (Å²) in [5.74, 6) is 0.489. The van der Waals surface area contributed by atoms with Crippen LogP contribution in [0.2, 0.25) is 0 Å². The lowest BCUT2D eigenvalue weighted by Gasteiger charge is -2.15. The van der Waals surface area contributed by atoms with Crippen LogP contribution in [0.5, 0.6) is 0 Å². The first-order chi connectivity index (χ1) is 7.14. The number of hydrogen-bond donors (Lipinski definition) is 1. The second-order valence-corrected chi connectivity index (χ2v) is 6.40. The maximum atomic E-state index is 11.2. The highest BCUT2D eigenvalue weighted by Crippen LogP contribution is 2.07. The summed E-state index contributed by atoms with van der Waals surface area (Å²) < 4.78 is 27.8. The molecule has 0 aromatic rings. The third-order valence-corrected chi connectivity index (χ3v) is 4.44. The van der Waals surface area contributed by atoms with E-state index >= 15 is 0 Å². The summed E-state index contributed by atoms with van der Waals surface area (Å²) in [5, 5.41) is 3.29. The summed E-state index contributed by atoms with van der Waals surface area (Å²) in [4.78, 5) is 0. The van der Waals surface area contributed by atoms with Crippen molar-refractivity contribution in [1.82, 2.24) is 5.32 Å². The summed E-state index contributed by atoms with van der Waals surface area (Å²) >= 11 is 0. The van der Waals surface area contributed by atoms with Crippen LogP contribution in [0.15, 0.2) is 0 Å². The summed E-state index contributed by atoms with van der Waals surface area (Å²) in [6.07, 6.45) is 3.15. The Labute approximate surface area is 92.3 Å². The minimum absolute atomic E-state index is 0.239. The monoisotopic (exact) mass is 235 g/mol. The minimum Gasteiger partial charge on any atom is -0.381 e. The quantitative estimate of drug-likeness (QED) is 0.757. The molecule has 1 aliphatic rings. The zero-order valence-electron chi connectivity index (χ0n) is 9.37. The molecule has 1 heterocycles. The fourth-order valence-electron chi connectivity index (χ4n) is 1.67. The summed E-state index contributed by atoms with van der Waals surface area (Å²) in [6.45, 7) is 3.89. The molecule has 1 rings (SSSR count). The molecule has 0 aromatic heterocycles. The molecule has 0 aromatic carbocycles. The van der Waals surface area contributed by atoms with Gasteiger partial charge in [-0.1, -0.05) is 6.92 Å². The molecule has 0 bridgehead atoms. The van der Waals surface area contributed by atoms with E-state index in [1.807, 2.05) is 0 Å². The molecule has 0 spiro atoms. The van der Waals surface area contributed by atoms with Gasteiger partial charge in [0.2, 0.25) is 0 Å². The summed E-state index contributed by atoms with van der Waals surface area (Å²) in [7, 11) is -2.82. The van der Waals surface area contributed by atoms with Gasteiger partial charge in [-0.2, -0.15) is 0 Å². The Bertz CT molecular complexity index is 256. The van der Waals surface area contributed by atoms with Crippen LogP contribution in [0.3, 0.4) is 0 Å². The van der Waals surface area contributed by atoms with Crippen molar-refractivity contribution < 1.29 is 13.2 Å². The van der Waals surface area contributed by atoms with Crippen molar-refractivity contribution in [3.63, 3.8) is 0 Å². The molecule has 0 aliphatic carbocycles. The third kappa shape index (κ3) is 5.49. The smallest absolute Gasteiger partial charge is 0.151 e. The van der Waals surface area contributed by atoms with Gasteiger partial charge < -0.3 is 10.1 Å². The molecule has 1 unspecified atom stereocenters. The third-order valence-electron chi connectivity index (χ3n) is 2.74. The van der Waals surface area contributed by atoms with Gasteiger partial charge in [0.25, 0.3) is 0 Å². The second-order valence-electron chi connectivity index (χ2n) is 3.93. The first-order valence-corrected chi connectivity index (χ1v) is 7.48. The molecule has 1 fully saturated rings. The van der Waals surface area contributed by atoms with Gasteiger partial charge >= 0.3 is 0 Å². The van der Waals surface area contributed by atoms with Gasteiger partial charge in [-0.05, 0) is 19.3 Å². The van der Waals surface area contributed by atoms with Gasteiger partial charge in [-0.15, -0.1) is 0 Å². The SMILES string of the molecule is CCS(=O)(=O)CCNC1CCCOCC1. The van der Waals surface area contributed by atoms with E-state index in [-0.39, 0.29) is 11.5 Å². The van der Waals surface area contributed by atoms with E-state index in [1.165, 1.54) is 0 Å². The molecular weight excluding hydrogens is 214 g/mol. The molecule has 15 heavy (non-hydrogen) atoms. The number of ether oxygens (including phenoxy) is 1.